The second kappa shape index (κ2) is 6.66. The molecule has 0 unspecified atom stereocenters. The van der Waals surface area contributed by atoms with E-state index in [0.29, 0.717) is 18.8 Å². The smallest absolute Gasteiger partial charge is 0.231 e. The summed E-state index contributed by atoms with van der Waals surface area (Å²) in [5, 5.41) is 3.03. The molecule has 4 heterocycles. The molecule has 1 saturated carbocycles. The Kier molecular flexibility index (Phi) is 4.09. The lowest BCUT2D eigenvalue weighted by molar-refractivity contribution is -0.137. The van der Waals surface area contributed by atoms with E-state index in [2.05, 4.69) is 5.32 Å². The highest BCUT2D eigenvalue weighted by Gasteiger charge is 2.67. The van der Waals surface area contributed by atoms with E-state index in [9.17, 15) is 14.4 Å². The van der Waals surface area contributed by atoms with Crippen molar-refractivity contribution in [3.05, 3.63) is 35.9 Å². The molecule has 2 bridgehead atoms. The minimum absolute atomic E-state index is 0.0262. The zero-order valence-electron chi connectivity index (χ0n) is 17.7. The molecular formula is C24H27N3O4. The first-order valence-electron chi connectivity index (χ1n) is 11.4. The van der Waals surface area contributed by atoms with Crippen LogP contribution in [0, 0.1) is 11.8 Å². The van der Waals surface area contributed by atoms with Crippen molar-refractivity contribution in [3.63, 3.8) is 0 Å². The highest BCUT2D eigenvalue weighted by Crippen LogP contribution is 2.53. The van der Waals surface area contributed by atoms with Crippen LogP contribution in [0.4, 0.5) is 11.4 Å². The maximum atomic E-state index is 13.4. The molecule has 3 amide bonds. The number of anilines is 2. The molecule has 1 N–H and O–H groups in total. The molecule has 31 heavy (non-hydrogen) atoms. The van der Waals surface area contributed by atoms with E-state index in [0.717, 1.165) is 43.4 Å². The molecule has 0 aromatic heterocycles. The number of nitrogens with zero attached hydrogens (tertiary/aromatic N) is 2. The minimum Gasteiger partial charge on any atom is -0.360 e. The summed E-state index contributed by atoms with van der Waals surface area (Å²) in [5.74, 6) is -1.01. The fourth-order valence-electron chi connectivity index (χ4n) is 6.38. The topological polar surface area (TPSA) is 79.0 Å². The van der Waals surface area contributed by atoms with Crippen molar-refractivity contribution >= 4 is 29.1 Å². The lowest BCUT2D eigenvalue weighted by Crippen LogP contribution is -2.42. The molecule has 1 aromatic carbocycles. The maximum Gasteiger partial charge on any atom is 0.231 e. The first-order chi connectivity index (χ1) is 15.0. The predicted molar refractivity (Wildman–Crippen MR) is 114 cm³/mol. The van der Waals surface area contributed by atoms with Crippen LogP contribution in [0.5, 0.6) is 0 Å². The summed E-state index contributed by atoms with van der Waals surface area (Å²) in [7, 11) is 0. The number of rotatable bonds is 3. The quantitative estimate of drug-likeness (QED) is 0.760. The summed E-state index contributed by atoms with van der Waals surface area (Å²) >= 11 is 0. The highest BCUT2D eigenvalue weighted by atomic mass is 16.5. The molecule has 4 aliphatic heterocycles. The van der Waals surface area contributed by atoms with Gasteiger partial charge in [-0.25, -0.2) is 0 Å². The van der Waals surface area contributed by atoms with E-state index in [4.69, 9.17) is 4.74 Å². The van der Waals surface area contributed by atoms with E-state index in [1.807, 2.05) is 35.3 Å². The number of carbonyl (C=O) groups excluding carboxylic acids is 3. The summed E-state index contributed by atoms with van der Waals surface area (Å²) in [6.45, 7) is 2.80. The molecule has 1 aromatic rings. The van der Waals surface area contributed by atoms with Gasteiger partial charge in [0, 0.05) is 30.9 Å². The second-order valence-corrected chi connectivity index (χ2v) is 9.56. The van der Waals surface area contributed by atoms with Crippen LogP contribution < -0.4 is 10.2 Å². The maximum absolute atomic E-state index is 13.4. The zero-order chi connectivity index (χ0) is 21.3. The Morgan fingerprint density at radius 3 is 2.81 bits per heavy atom. The molecule has 1 spiro atoms. The van der Waals surface area contributed by atoms with Crippen molar-refractivity contribution in [2.45, 2.75) is 56.8 Å². The normalized spacial score (nSPS) is 33.3. The van der Waals surface area contributed by atoms with E-state index >= 15 is 0 Å². The van der Waals surface area contributed by atoms with Gasteiger partial charge in [-0.05, 0) is 43.0 Å². The third-order valence-electron chi connectivity index (χ3n) is 7.82. The van der Waals surface area contributed by atoms with Crippen molar-refractivity contribution in [1.82, 2.24) is 4.90 Å². The molecule has 0 radical (unpaired) electrons. The SMILES string of the molecule is CC(=O)N1CCc2cc(NC(=O)[C@H]3[C@H]4C(=O)N(C5CCCC5)C[C@@]45C=C[C@H]3O5)ccc21. The Hall–Kier alpha value is -2.67. The van der Waals surface area contributed by atoms with E-state index in [1.165, 1.54) is 0 Å². The van der Waals surface area contributed by atoms with E-state index in [1.54, 1.807) is 11.8 Å². The Morgan fingerprint density at radius 2 is 2.03 bits per heavy atom. The fraction of sp³-hybridized carbons (Fsp3) is 0.542. The molecular weight excluding hydrogens is 394 g/mol. The number of hydrogen-bond donors (Lipinski definition) is 1. The van der Waals surface area contributed by atoms with Crippen molar-refractivity contribution in [2.24, 2.45) is 11.8 Å². The third kappa shape index (κ3) is 2.72. The Balaban J connectivity index is 1.23. The van der Waals surface area contributed by atoms with Crippen LogP contribution >= 0.6 is 0 Å². The molecule has 4 atom stereocenters. The van der Waals surface area contributed by atoms with Gasteiger partial charge in [-0.15, -0.1) is 0 Å². The summed E-state index contributed by atoms with van der Waals surface area (Å²) < 4.78 is 6.25. The number of carbonyl (C=O) groups is 3. The molecule has 1 aliphatic carbocycles. The van der Waals surface area contributed by atoms with Gasteiger partial charge in [-0.2, -0.15) is 0 Å². The number of fused-ring (bicyclic) bond motifs is 2. The monoisotopic (exact) mass is 421 g/mol. The van der Waals surface area contributed by atoms with Crippen molar-refractivity contribution in [1.29, 1.82) is 0 Å². The van der Waals surface area contributed by atoms with E-state index < -0.39 is 17.4 Å². The number of nitrogens with one attached hydrogen (secondary N) is 1. The summed E-state index contributed by atoms with van der Waals surface area (Å²) in [6.07, 6.45) is 8.82. The predicted octanol–water partition coefficient (Wildman–Crippen LogP) is 2.26. The number of amides is 3. The van der Waals surface area contributed by atoms with Gasteiger partial charge >= 0.3 is 0 Å². The van der Waals surface area contributed by atoms with Crippen molar-refractivity contribution in [3.8, 4) is 0 Å². The average Bonchev–Trinajstić information content (AvgIpc) is 3.54. The summed E-state index contributed by atoms with van der Waals surface area (Å²) in [5.41, 5.74) is 2.02. The molecule has 7 heteroatoms. The van der Waals surface area contributed by atoms with Gasteiger partial charge in [-0.3, -0.25) is 14.4 Å². The minimum atomic E-state index is -0.647. The molecule has 3 fully saturated rings. The third-order valence-corrected chi connectivity index (χ3v) is 7.82. The molecule has 5 aliphatic rings. The number of hydrogen-bond acceptors (Lipinski definition) is 4. The van der Waals surface area contributed by atoms with Crippen LogP contribution in [0.25, 0.3) is 0 Å². The van der Waals surface area contributed by atoms with Gasteiger partial charge in [0.1, 0.15) is 5.60 Å². The Labute approximate surface area is 181 Å². The standard InChI is InChI=1S/C24H27N3O4/c1-14(28)26-11-9-15-12-16(6-7-18(15)26)25-22(29)20-19-8-10-24(31-19)13-27(23(30)21(20)24)17-4-2-3-5-17/h6-8,10,12,17,19-21H,2-5,9,11,13H2,1H3,(H,25,29)/t19-,20-,21+,24+/m1/s1. The first-order valence-corrected chi connectivity index (χ1v) is 11.4. The van der Waals surface area contributed by atoms with Gasteiger partial charge < -0.3 is 19.9 Å². The Morgan fingerprint density at radius 1 is 1.23 bits per heavy atom. The van der Waals surface area contributed by atoms with Crippen LogP contribution in [-0.4, -0.2) is 53.5 Å². The van der Waals surface area contributed by atoms with Crippen molar-refractivity contribution in [2.75, 3.05) is 23.3 Å². The number of likely N-dealkylation sites (tertiary alicyclic amines) is 1. The Bertz CT molecular complexity index is 1010. The molecule has 162 valence electrons. The van der Waals surface area contributed by atoms with Gasteiger partial charge in [0.05, 0.1) is 24.5 Å². The van der Waals surface area contributed by atoms with Crippen molar-refractivity contribution < 1.29 is 19.1 Å². The second-order valence-electron chi connectivity index (χ2n) is 9.56. The van der Waals surface area contributed by atoms with E-state index in [-0.39, 0.29) is 29.9 Å². The fourth-order valence-corrected chi connectivity index (χ4v) is 6.38. The van der Waals surface area contributed by atoms with Crippen LogP contribution in [0.15, 0.2) is 30.4 Å². The van der Waals surface area contributed by atoms with Gasteiger partial charge in [0.25, 0.3) is 0 Å². The first kappa shape index (κ1) is 19.0. The van der Waals surface area contributed by atoms with Crippen LogP contribution in [-0.2, 0) is 25.5 Å². The van der Waals surface area contributed by atoms with Gasteiger partial charge in [-0.1, -0.05) is 25.0 Å². The molecule has 6 rings (SSSR count). The number of ether oxygens (including phenoxy) is 1. The average molecular weight is 421 g/mol. The summed E-state index contributed by atoms with van der Waals surface area (Å²) in [4.78, 5) is 42.2. The number of benzene rings is 1. The largest absolute Gasteiger partial charge is 0.360 e. The lowest BCUT2D eigenvalue weighted by atomic mass is 9.76. The van der Waals surface area contributed by atoms with Crippen LogP contribution in [0.2, 0.25) is 0 Å². The molecule has 7 nitrogen and oxygen atoms in total. The van der Waals surface area contributed by atoms with Crippen LogP contribution in [0.3, 0.4) is 0 Å². The zero-order valence-corrected chi connectivity index (χ0v) is 17.7. The van der Waals surface area contributed by atoms with Crippen LogP contribution in [0.1, 0.15) is 38.2 Å². The lowest BCUT2D eigenvalue weighted by Gasteiger charge is -2.27. The summed E-state index contributed by atoms with van der Waals surface area (Å²) in [6, 6.07) is 5.95. The van der Waals surface area contributed by atoms with Gasteiger partial charge in [0.2, 0.25) is 17.7 Å². The highest BCUT2D eigenvalue weighted by molar-refractivity contribution is 6.00. The van der Waals surface area contributed by atoms with Gasteiger partial charge in [0.15, 0.2) is 0 Å². The molecule has 2 saturated heterocycles.